The first kappa shape index (κ1) is 21.5. The van der Waals surface area contributed by atoms with Gasteiger partial charge in [-0.15, -0.1) is 0 Å². The van der Waals surface area contributed by atoms with Gasteiger partial charge in [0.2, 0.25) is 5.91 Å². The fourth-order valence-electron chi connectivity index (χ4n) is 5.15. The summed E-state index contributed by atoms with van der Waals surface area (Å²) in [5, 5.41) is 0. The first-order valence-electron chi connectivity index (χ1n) is 11.2. The molecular weight excluding hydrogens is 392 g/mol. The van der Waals surface area contributed by atoms with Crippen LogP contribution in [0.25, 0.3) is 0 Å². The van der Waals surface area contributed by atoms with E-state index in [2.05, 4.69) is 0 Å². The third-order valence-electron chi connectivity index (χ3n) is 6.85. The molecule has 2 aromatic rings. The number of furan rings is 1. The lowest BCUT2D eigenvalue weighted by Crippen LogP contribution is -2.40. The van der Waals surface area contributed by atoms with E-state index in [9.17, 15) is 9.59 Å². The largest absolute Gasteiger partial charge is 0.493 e. The average Bonchev–Trinajstić information content (AvgIpc) is 3.35. The third kappa shape index (κ3) is 4.78. The molecule has 0 radical (unpaired) electrons. The number of hydrogen-bond acceptors (Lipinski definition) is 4. The van der Waals surface area contributed by atoms with Gasteiger partial charge in [0.05, 0.1) is 12.2 Å². The predicted octanol–water partition coefficient (Wildman–Crippen LogP) is 3.92. The normalized spacial score (nSPS) is 22.0. The Hall–Kier alpha value is -2.76. The Labute approximate surface area is 184 Å². The van der Waals surface area contributed by atoms with E-state index in [4.69, 9.17) is 9.15 Å². The minimum absolute atomic E-state index is 0.0442. The number of nitrogens with zero attached hydrogens (tertiary/aromatic N) is 2. The van der Waals surface area contributed by atoms with E-state index in [-0.39, 0.29) is 17.7 Å². The maximum absolute atomic E-state index is 13.2. The second-order valence-corrected chi connectivity index (χ2v) is 8.93. The monoisotopic (exact) mass is 424 g/mol. The Bertz CT molecular complexity index is 915. The van der Waals surface area contributed by atoms with Crippen molar-refractivity contribution in [3.05, 3.63) is 53.5 Å². The Balaban J connectivity index is 1.48. The van der Waals surface area contributed by atoms with Gasteiger partial charge in [-0.05, 0) is 56.7 Å². The van der Waals surface area contributed by atoms with E-state index in [0.717, 1.165) is 44.0 Å². The Morgan fingerprint density at radius 1 is 1.06 bits per heavy atom. The standard InChI is InChI=1S/C25H32N2O4/c1-17-13-23(18(2)31-17)25(29)27-14-21(16-30-22-7-5-4-6-8-22)24(15-27)20-9-11-26(12-10-20)19(3)28/h4-8,13,20-21,24H,9-12,14-16H2,1-3H3. The topological polar surface area (TPSA) is 63.0 Å². The summed E-state index contributed by atoms with van der Waals surface area (Å²) in [5.74, 6) is 3.62. The molecular formula is C25H32N2O4. The van der Waals surface area contributed by atoms with E-state index in [1.165, 1.54) is 0 Å². The van der Waals surface area contributed by atoms with Crippen LogP contribution >= 0.6 is 0 Å². The summed E-state index contributed by atoms with van der Waals surface area (Å²) in [6.45, 7) is 8.98. The van der Waals surface area contributed by atoms with Crippen LogP contribution in [0.5, 0.6) is 5.75 Å². The van der Waals surface area contributed by atoms with Crippen LogP contribution < -0.4 is 4.74 Å². The van der Waals surface area contributed by atoms with Crippen molar-refractivity contribution in [2.75, 3.05) is 32.8 Å². The molecule has 2 unspecified atom stereocenters. The van der Waals surface area contributed by atoms with Gasteiger partial charge in [-0.25, -0.2) is 0 Å². The number of carbonyl (C=O) groups is 2. The van der Waals surface area contributed by atoms with Crippen LogP contribution in [0.3, 0.4) is 0 Å². The summed E-state index contributed by atoms with van der Waals surface area (Å²) in [6.07, 6.45) is 1.97. The lowest BCUT2D eigenvalue weighted by Gasteiger charge is -2.36. The number of para-hydroxylation sites is 1. The first-order chi connectivity index (χ1) is 14.9. The quantitative estimate of drug-likeness (QED) is 0.730. The molecule has 6 nitrogen and oxygen atoms in total. The van der Waals surface area contributed by atoms with Crippen LogP contribution in [-0.4, -0.2) is 54.4 Å². The van der Waals surface area contributed by atoms with Crippen molar-refractivity contribution in [2.45, 2.75) is 33.6 Å². The lowest BCUT2D eigenvalue weighted by atomic mass is 9.78. The molecule has 3 heterocycles. The zero-order chi connectivity index (χ0) is 22.0. The van der Waals surface area contributed by atoms with Crippen molar-refractivity contribution in [1.29, 1.82) is 0 Å². The summed E-state index contributed by atoms with van der Waals surface area (Å²) < 4.78 is 11.7. The average molecular weight is 425 g/mol. The van der Waals surface area contributed by atoms with Gasteiger partial charge in [-0.3, -0.25) is 9.59 Å². The minimum atomic E-state index is 0.0442. The summed E-state index contributed by atoms with van der Waals surface area (Å²) in [6, 6.07) is 11.7. The molecule has 2 aliphatic rings. The molecule has 0 saturated carbocycles. The van der Waals surface area contributed by atoms with Gasteiger partial charge in [0.15, 0.2) is 0 Å². The van der Waals surface area contributed by atoms with Crippen LogP contribution in [0.4, 0.5) is 0 Å². The highest BCUT2D eigenvalue weighted by Crippen LogP contribution is 2.37. The molecule has 0 bridgehead atoms. The smallest absolute Gasteiger partial charge is 0.257 e. The molecule has 166 valence electrons. The second kappa shape index (κ2) is 9.16. The maximum atomic E-state index is 13.2. The Kier molecular flexibility index (Phi) is 6.35. The Morgan fingerprint density at radius 2 is 1.77 bits per heavy atom. The van der Waals surface area contributed by atoms with E-state index in [0.29, 0.717) is 36.3 Å². The SMILES string of the molecule is CC(=O)N1CCC(C2CN(C(=O)c3cc(C)oc3C)CC2COc2ccccc2)CC1. The minimum Gasteiger partial charge on any atom is -0.493 e. The number of aryl methyl sites for hydroxylation is 2. The lowest BCUT2D eigenvalue weighted by molar-refractivity contribution is -0.130. The fraction of sp³-hybridized carbons (Fsp3) is 0.520. The van der Waals surface area contributed by atoms with Crippen molar-refractivity contribution in [3.63, 3.8) is 0 Å². The van der Waals surface area contributed by atoms with Gasteiger partial charge in [-0.2, -0.15) is 0 Å². The molecule has 1 aromatic heterocycles. The third-order valence-corrected chi connectivity index (χ3v) is 6.85. The van der Waals surface area contributed by atoms with E-state index in [1.54, 1.807) is 6.92 Å². The summed E-state index contributed by atoms with van der Waals surface area (Å²) >= 11 is 0. The van der Waals surface area contributed by atoms with Crippen LogP contribution in [0, 0.1) is 31.6 Å². The van der Waals surface area contributed by atoms with Gasteiger partial charge in [0.25, 0.3) is 5.91 Å². The fourth-order valence-corrected chi connectivity index (χ4v) is 5.15. The van der Waals surface area contributed by atoms with Gasteiger partial charge < -0.3 is 19.0 Å². The summed E-state index contributed by atoms with van der Waals surface area (Å²) in [5.41, 5.74) is 0.660. The molecule has 2 fully saturated rings. The molecule has 0 N–H and O–H groups in total. The molecule has 0 spiro atoms. The Morgan fingerprint density at radius 3 is 2.39 bits per heavy atom. The molecule has 31 heavy (non-hydrogen) atoms. The van der Waals surface area contributed by atoms with Crippen molar-refractivity contribution < 1.29 is 18.7 Å². The van der Waals surface area contributed by atoms with E-state index < -0.39 is 0 Å². The summed E-state index contributed by atoms with van der Waals surface area (Å²) in [4.78, 5) is 28.9. The van der Waals surface area contributed by atoms with Crippen molar-refractivity contribution >= 4 is 11.8 Å². The molecule has 2 saturated heterocycles. The first-order valence-corrected chi connectivity index (χ1v) is 11.2. The zero-order valence-corrected chi connectivity index (χ0v) is 18.7. The highest BCUT2D eigenvalue weighted by Gasteiger charge is 2.41. The van der Waals surface area contributed by atoms with E-state index in [1.807, 2.05) is 60.0 Å². The van der Waals surface area contributed by atoms with E-state index >= 15 is 0 Å². The zero-order valence-electron chi connectivity index (χ0n) is 18.7. The number of hydrogen-bond donors (Lipinski definition) is 0. The number of carbonyl (C=O) groups excluding carboxylic acids is 2. The molecule has 2 atom stereocenters. The van der Waals surface area contributed by atoms with Crippen LogP contribution in [0.2, 0.25) is 0 Å². The molecule has 4 rings (SSSR count). The summed E-state index contributed by atoms with van der Waals surface area (Å²) in [7, 11) is 0. The van der Waals surface area contributed by atoms with Crippen LogP contribution in [-0.2, 0) is 4.79 Å². The highest BCUT2D eigenvalue weighted by molar-refractivity contribution is 5.95. The van der Waals surface area contributed by atoms with Crippen LogP contribution in [0.1, 0.15) is 41.6 Å². The molecule has 1 aromatic carbocycles. The molecule has 2 aliphatic heterocycles. The van der Waals surface area contributed by atoms with Gasteiger partial charge in [-0.1, -0.05) is 18.2 Å². The number of piperidine rings is 1. The molecule has 0 aliphatic carbocycles. The van der Waals surface area contributed by atoms with Crippen LogP contribution in [0.15, 0.2) is 40.8 Å². The van der Waals surface area contributed by atoms with Crippen molar-refractivity contribution in [3.8, 4) is 5.75 Å². The number of benzene rings is 1. The number of ether oxygens (including phenoxy) is 1. The highest BCUT2D eigenvalue weighted by atomic mass is 16.5. The molecule has 2 amide bonds. The van der Waals surface area contributed by atoms with Gasteiger partial charge in [0.1, 0.15) is 17.3 Å². The van der Waals surface area contributed by atoms with Gasteiger partial charge >= 0.3 is 0 Å². The van der Waals surface area contributed by atoms with Gasteiger partial charge in [0, 0.05) is 39.0 Å². The number of likely N-dealkylation sites (tertiary alicyclic amines) is 2. The van der Waals surface area contributed by atoms with Crippen molar-refractivity contribution in [1.82, 2.24) is 9.80 Å². The number of rotatable bonds is 5. The second-order valence-electron chi connectivity index (χ2n) is 8.93. The molecule has 6 heteroatoms. The maximum Gasteiger partial charge on any atom is 0.257 e. The number of amides is 2. The van der Waals surface area contributed by atoms with Crippen molar-refractivity contribution in [2.24, 2.45) is 17.8 Å². The predicted molar refractivity (Wildman–Crippen MR) is 118 cm³/mol.